The first kappa shape index (κ1) is 26.2. The van der Waals surface area contributed by atoms with Crippen molar-refractivity contribution >= 4 is 10.9 Å². The topological polar surface area (TPSA) is 47.1 Å². The van der Waals surface area contributed by atoms with Gasteiger partial charge in [-0.1, -0.05) is 13.3 Å². The van der Waals surface area contributed by atoms with Crippen LogP contribution >= 0.6 is 0 Å². The molecule has 0 amide bonds. The molecule has 0 saturated carbocycles. The maximum Gasteiger partial charge on any atom is 0.131 e. The molecular formula is C30H41N3O3. The van der Waals surface area contributed by atoms with Crippen molar-refractivity contribution in [2.24, 2.45) is 0 Å². The number of ether oxygens (including phenoxy) is 3. The lowest BCUT2D eigenvalue weighted by molar-refractivity contribution is 0.184. The Balaban J connectivity index is 1.54. The van der Waals surface area contributed by atoms with Crippen LogP contribution in [-0.2, 0) is 0 Å². The van der Waals surface area contributed by atoms with Gasteiger partial charge in [0.25, 0.3) is 0 Å². The number of rotatable bonds is 13. The zero-order valence-corrected chi connectivity index (χ0v) is 22.2. The van der Waals surface area contributed by atoms with Gasteiger partial charge in [-0.05, 0) is 95.3 Å². The second kappa shape index (κ2) is 13.5. The highest BCUT2D eigenvalue weighted by molar-refractivity contribution is 5.89. The summed E-state index contributed by atoms with van der Waals surface area (Å²) >= 11 is 0. The van der Waals surface area contributed by atoms with E-state index >= 15 is 0 Å². The van der Waals surface area contributed by atoms with E-state index in [-0.39, 0.29) is 0 Å². The Morgan fingerprint density at radius 3 is 2.33 bits per heavy atom. The molecule has 0 bridgehead atoms. The van der Waals surface area contributed by atoms with Crippen LogP contribution < -0.4 is 14.2 Å². The van der Waals surface area contributed by atoms with E-state index in [2.05, 4.69) is 55.1 Å². The van der Waals surface area contributed by atoms with Crippen molar-refractivity contribution in [2.75, 3.05) is 60.1 Å². The van der Waals surface area contributed by atoms with Crippen LogP contribution in [0.3, 0.4) is 0 Å². The molecule has 0 N–H and O–H groups in total. The number of aromatic nitrogens is 1. The Morgan fingerprint density at radius 2 is 1.58 bits per heavy atom. The molecule has 0 radical (unpaired) electrons. The van der Waals surface area contributed by atoms with Gasteiger partial charge in [-0.15, -0.1) is 0 Å². The summed E-state index contributed by atoms with van der Waals surface area (Å²) in [5, 5.41) is 0.991. The Bertz CT molecular complexity index is 1080. The highest BCUT2D eigenvalue weighted by Gasteiger charge is 2.13. The van der Waals surface area contributed by atoms with E-state index in [1.165, 1.54) is 32.4 Å². The number of pyridine rings is 1. The van der Waals surface area contributed by atoms with Gasteiger partial charge in [0.15, 0.2) is 0 Å². The first-order chi connectivity index (χ1) is 17.6. The van der Waals surface area contributed by atoms with Crippen molar-refractivity contribution in [1.82, 2.24) is 14.8 Å². The Labute approximate surface area is 216 Å². The maximum absolute atomic E-state index is 6.40. The summed E-state index contributed by atoms with van der Waals surface area (Å²) in [4.78, 5) is 9.64. The molecule has 194 valence electrons. The number of piperidine rings is 1. The van der Waals surface area contributed by atoms with E-state index in [0.717, 1.165) is 71.9 Å². The lowest BCUT2D eigenvalue weighted by Crippen LogP contribution is -2.33. The summed E-state index contributed by atoms with van der Waals surface area (Å²) < 4.78 is 18.2. The minimum atomic E-state index is 0.663. The van der Waals surface area contributed by atoms with Crippen molar-refractivity contribution in [2.45, 2.75) is 39.0 Å². The number of likely N-dealkylation sites (tertiary alicyclic amines) is 1. The molecule has 4 rings (SSSR count). The molecule has 1 aromatic heterocycles. The summed E-state index contributed by atoms with van der Waals surface area (Å²) in [6, 6.07) is 16.3. The van der Waals surface area contributed by atoms with Gasteiger partial charge in [-0.25, -0.2) is 4.98 Å². The van der Waals surface area contributed by atoms with Gasteiger partial charge in [-0.2, -0.15) is 0 Å². The SMILES string of the molecule is CCCOc1ccc(-c2cc(OCCN3CCCCC3)c3cc(OCCCN(C)C)ccc3n2)cc1. The van der Waals surface area contributed by atoms with Crippen LogP contribution in [0.1, 0.15) is 39.0 Å². The predicted octanol–water partition coefficient (Wildman–Crippen LogP) is 5.89. The minimum absolute atomic E-state index is 0.663. The first-order valence-electron chi connectivity index (χ1n) is 13.4. The lowest BCUT2D eigenvalue weighted by Gasteiger charge is -2.26. The van der Waals surface area contributed by atoms with Gasteiger partial charge in [0, 0.05) is 30.1 Å². The van der Waals surface area contributed by atoms with Gasteiger partial charge in [-0.3, -0.25) is 4.90 Å². The van der Waals surface area contributed by atoms with Crippen LogP contribution in [0.15, 0.2) is 48.5 Å². The number of benzene rings is 2. The van der Waals surface area contributed by atoms with Crippen molar-refractivity contribution in [1.29, 1.82) is 0 Å². The second-order valence-electron chi connectivity index (χ2n) is 9.81. The quantitative estimate of drug-likeness (QED) is 0.278. The molecule has 6 nitrogen and oxygen atoms in total. The van der Waals surface area contributed by atoms with Crippen LogP contribution in [0.5, 0.6) is 17.2 Å². The molecule has 0 spiro atoms. The molecule has 0 aliphatic carbocycles. The van der Waals surface area contributed by atoms with Gasteiger partial charge < -0.3 is 19.1 Å². The highest BCUT2D eigenvalue weighted by atomic mass is 16.5. The molecule has 36 heavy (non-hydrogen) atoms. The van der Waals surface area contributed by atoms with Crippen molar-refractivity contribution < 1.29 is 14.2 Å². The molecule has 3 aromatic rings. The fraction of sp³-hybridized carbons (Fsp3) is 0.500. The van der Waals surface area contributed by atoms with E-state index < -0.39 is 0 Å². The van der Waals surface area contributed by atoms with Crippen LogP contribution in [0.25, 0.3) is 22.2 Å². The van der Waals surface area contributed by atoms with Crippen LogP contribution in [-0.4, -0.2) is 74.9 Å². The van der Waals surface area contributed by atoms with Gasteiger partial charge in [0.1, 0.15) is 23.9 Å². The standard InChI is InChI=1S/C30H41N3O3/c1-4-19-34-25-11-9-24(10-12-25)29-23-30(36-21-18-33-16-6-5-7-17-33)27-22-26(13-14-28(27)31-29)35-20-8-15-32(2)3/h9-14,22-23H,4-8,15-21H2,1-3H3. The van der Waals surface area contributed by atoms with E-state index in [9.17, 15) is 0 Å². The van der Waals surface area contributed by atoms with E-state index in [1.807, 2.05) is 24.3 Å². The van der Waals surface area contributed by atoms with Crippen molar-refractivity contribution in [3.63, 3.8) is 0 Å². The Morgan fingerprint density at radius 1 is 0.833 bits per heavy atom. The number of fused-ring (bicyclic) bond motifs is 1. The third kappa shape index (κ3) is 7.58. The molecule has 0 unspecified atom stereocenters. The molecule has 1 fully saturated rings. The summed E-state index contributed by atoms with van der Waals surface area (Å²) in [5.74, 6) is 2.60. The monoisotopic (exact) mass is 491 g/mol. The molecule has 1 saturated heterocycles. The van der Waals surface area contributed by atoms with Crippen LogP contribution in [0.4, 0.5) is 0 Å². The van der Waals surface area contributed by atoms with Gasteiger partial charge in [0.2, 0.25) is 0 Å². The molecule has 1 aliphatic heterocycles. The van der Waals surface area contributed by atoms with Crippen LogP contribution in [0, 0.1) is 0 Å². The minimum Gasteiger partial charge on any atom is -0.494 e. The predicted molar refractivity (Wildman–Crippen MR) is 147 cm³/mol. The average molecular weight is 492 g/mol. The molecule has 2 heterocycles. The summed E-state index contributed by atoms with van der Waals surface area (Å²) in [5.41, 5.74) is 2.86. The van der Waals surface area contributed by atoms with Gasteiger partial charge in [0.05, 0.1) is 24.4 Å². The van der Waals surface area contributed by atoms with E-state index in [4.69, 9.17) is 19.2 Å². The second-order valence-corrected chi connectivity index (χ2v) is 9.81. The molecule has 1 aliphatic rings. The summed E-state index contributed by atoms with van der Waals surface area (Å²) in [7, 11) is 4.16. The molecule has 6 heteroatoms. The fourth-order valence-electron chi connectivity index (χ4n) is 4.51. The Hall–Kier alpha value is -2.83. The largest absolute Gasteiger partial charge is 0.494 e. The smallest absolute Gasteiger partial charge is 0.131 e. The first-order valence-corrected chi connectivity index (χ1v) is 13.4. The van der Waals surface area contributed by atoms with Crippen LogP contribution in [0.2, 0.25) is 0 Å². The summed E-state index contributed by atoms with van der Waals surface area (Å²) in [6.45, 7) is 8.48. The number of hydrogen-bond donors (Lipinski definition) is 0. The van der Waals surface area contributed by atoms with Gasteiger partial charge >= 0.3 is 0 Å². The Kier molecular flexibility index (Phi) is 9.82. The fourth-order valence-corrected chi connectivity index (χ4v) is 4.51. The third-order valence-corrected chi connectivity index (χ3v) is 6.50. The lowest BCUT2D eigenvalue weighted by atomic mass is 10.1. The third-order valence-electron chi connectivity index (χ3n) is 6.50. The van der Waals surface area contributed by atoms with E-state index in [1.54, 1.807) is 0 Å². The normalized spacial score (nSPS) is 14.3. The summed E-state index contributed by atoms with van der Waals surface area (Å²) in [6.07, 6.45) is 5.89. The number of nitrogens with zero attached hydrogens (tertiary/aromatic N) is 3. The van der Waals surface area contributed by atoms with Crippen molar-refractivity contribution in [3.8, 4) is 28.5 Å². The molecule has 0 atom stereocenters. The molecule has 2 aromatic carbocycles. The van der Waals surface area contributed by atoms with E-state index in [0.29, 0.717) is 13.2 Å². The zero-order chi connectivity index (χ0) is 25.2. The molecular weight excluding hydrogens is 450 g/mol. The van der Waals surface area contributed by atoms with Crippen molar-refractivity contribution in [3.05, 3.63) is 48.5 Å². The number of hydrogen-bond acceptors (Lipinski definition) is 6. The highest BCUT2D eigenvalue weighted by Crippen LogP contribution is 2.33. The maximum atomic E-state index is 6.40. The average Bonchev–Trinajstić information content (AvgIpc) is 2.90. The zero-order valence-electron chi connectivity index (χ0n) is 22.2.